The Kier molecular flexibility index (Phi) is 11.7. The molecule has 0 saturated carbocycles. The molecule has 0 bridgehead atoms. The van der Waals surface area contributed by atoms with E-state index in [2.05, 4.69) is 56.3 Å². The summed E-state index contributed by atoms with van der Waals surface area (Å²) in [5, 5.41) is 2.41. The highest BCUT2D eigenvalue weighted by atomic mass is 16.5. The van der Waals surface area contributed by atoms with E-state index in [0.29, 0.717) is 0 Å². The maximum atomic E-state index is 13.4. The second-order valence-electron chi connectivity index (χ2n) is 9.14. The van der Waals surface area contributed by atoms with Gasteiger partial charge in [0.05, 0.1) is 12.5 Å². The zero-order chi connectivity index (χ0) is 22.4. The molecule has 0 heterocycles. The Hall–Kier alpha value is -1.83. The van der Waals surface area contributed by atoms with Crippen molar-refractivity contribution in [3.63, 3.8) is 0 Å². The third-order valence-corrected chi connectivity index (χ3v) is 6.80. The Morgan fingerprint density at radius 3 is 1.84 bits per heavy atom. The molecule has 2 aromatic carbocycles. The molecule has 0 fully saturated rings. The van der Waals surface area contributed by atoms with Crippen LogP contribution in [0.15, 0.2) is 42.5 Å². The standard InChI is InChI=1S/C29H44O2/c1-4-6-8-10-11-12-13-17-24-29(28(30)31-3,23-16-9-7-5-2)27-22-18-20-25-19-14-15-21-26(25)27/h14-15,18-22H,4-13,16-17,23-24H2,1-3H3. The predicted octanol–water partition coefficient (Wildman–Crippen LogP) is 8.75. The number of hydrogen-bond donors (Lipinski definition) is 0. The van der Waals surface area contributed by atoms with Crippen molar-refractivity contribution in [2.24, 2.45) is 0 Å². The molecule has 0 aliphatic heterocycles. The fourth-order valence-electron chi connectivity index (χ4n) is 4.96. The van der Waals surface area contributed by atoms with E-state index >= 15 is 0 Å². The zero-order valence-corrected chi connectivity index (χ0v) is 20.3. The average molecular weight is 425 g/mol. The molecule has 2 aromatic rings. The fourth-order valence-corrected chi connectivity index (χ4v) is 4.96. The summed E-state index contributed by atoms with van der Waals surface area (Å²) >= 11 is 0. The van der Waals surface area contributed by atoms with E-state index in [4.69, 9.17) is 4.74 Å². The number of unbranched alkanes of at least 4 members (excludes halogenated alkanes) is 10. The fraction of sp³-hybridized carbons (Fsp3) is 0.621. The van der Waals surface area contributed by atoms with Gasteiger partial charge in [-0.25, -0.2) is 0 Å². The van der Waals surface area contributed by atoms with Crippen LogP contribution in [0.25, 0.3) is 10.8 Å². The topological polar surface area (TPSA) is 26.3 Å². The predicted molar refractivity (Wildman–Crippen MR) is 134 cm³/mol. The minimum atomic E-state index is -0.536. The molecule has 0 aliphatic carbocycles. The van der Waals surface area contributed by atoms with Gasteiger partial charge in [0.2, 0.25) is 0 Å². The normalized spacial score (nSPS) is 13.3. The molecule has 0 aromatic heterocycles. The van der Waals surface area contributed by atoms with Crippen molar-refractivity contribution >= 4 is 16.7 Å². The van der Waals surface area contributed by atoms with E-state index in [1.54, 1.807) is 7.11 Å². The largest absolute Gasteiger partial charge is 0.468 e. The van der Waals surface area contributed by atoms with Gasteiger partial charge in [0.1, 0.15) is 0 Å². The van der Waals surface area contributed by atoms with Gasteiger partial charge in [0.25, 0.3) is 0 Å². The number of rotatable bonds is 16. The lowest BCUT2D eigenvalue weighted by molar-refractivity contribution is -0.148. The average Bonchev–Trinajstić information content (AvgIpc) is 2.81. The second kappa shape index (κ2) is 14.3. The maximum absolute atomic E-state index is 13.4. The summed E-state index contributed by atoms with van der Waals surface area (Å²) in [6.45, 7) is 4.50. The number of fused-ring (bicyclic) bond motifs is 1. The van der Waals surface area contributed by atoms with Gasteiger partial charge in [-0.15, -0.1) is 0 Å². The molecule has 0 saturated heterocycles. The molecule has 0 spiro atoms. The molecule has 1 unspecified atom stereocenters. The number of carbonyl (C=O) groups is 1. The lowest BCUT2D eigenvalue weighted by Crippen LogP contribution is -2.37. The van der Waals surface area contributed by atoms with Gasteiger partial charge in [0, 0.05) is 0 Å². The van der Waals surface area contributed by atoms with Gasteiger partial charge >= 0.3 is 5.97 Å². The van der Waals surface area contributed by atoms with Gasteiger partial charge in [-0.3, -0.25) is 4.79 Å². The van der Waals surface area contributed by atoms with Crippen LogP contribution in [0.5, 0.6) is 0 Å². The van der Waals surface area contributed by atoms with Crippen LogP contribution in [-0.4, -0.2) is 13.1 Å². The van der Waals surface area contributed by atoms with Crippen LogP contribution >= 0.6 is 0 Å². The smallest absolute Gasteiger partial charge is 0.316 e. The van der Waals surface area contributed by atoms with E-state index in [9.17, 15) is 4.79 Å². The summed E-state index contributed by atoms with van der Waals surface area (Å²) in [6, 6.07) is 14.9. The Balaban J connectivity index is 2.21. The molecule has 0 N–H and O–H groups in total. The Morgan fingerprint density at radius 2 is 1.23 bits per heavy atom. The summed E-state index contributed by atoms with van der Waals surface area (Å²) < 4.78 is 5.46. The van der Waals surface area contributed by atoms with E-state index in [0.717, 1.165) is 31.2 Å². The molecule has 0 amide bonds. The molecule has 1 atom stereocenters. The molecule has 0 aliphatic rings. The second-order valence-corrected chi connectivity index (χ2v) is 9.14. The van der Waals surface area contributed by atoms with Crippen molar-refractivity contribution in [1.29, 1.82) is 0 Å². The first-order chi connectivity index (χ1) is 15.2. The Labute approximate surface area is 190 Å². The number of hydrogen-bond acceptors (Lipinski definition) is 2. The maximum Gasteiger partial charge on any atom is 0.316 e. The Morgan fingerprint density at radius 1 is 0.710 bits per heavy atom. The van der Waals surface area contributed by atoms with Crippen molar-refractivity contribution in [2.75, 3.05) is 7.11 Å². The minimum Gasteiger partial charge on any atom is -0.468 e. The van der Waals surface area contributed by atoms with Crippen molar-refractivity contribution < 1.29 is 9.53 Å². The molecule has 2 heteroatoms. The highest BCUT2D eigenvalue weighted by Crippen LogP contribution is 2.40. The van der Waals surface area contributed by atoms with Crippen molar-refractivity contribution in [3.8, 4) is 0 Å². The van der Waals surface area contributed by atoms with E-state index < -0.39 is 5.41 Å². The monoisotopic (exact) mass is 424 g/mol. The lowest BCUT2D eigenvalue weighted by Gasteiger charge is -2.33. The highest BCUT2D eigenvalue weighted by molar-refractivity contribution is 5.93. The van der Waals surface area contributed by atoms with Gasteiger partial charge in [-0.2, -0.15) is 0 Å². The van der Waals surface area contributed by atoms with Gasteiger partial charge in [-0.05, 0) is 29.2 Å². The van der Waals surface area contributed by atoms with Crippen LogP contribution in [0, 0.1) is 0 Å². The van der Waals surface area contributed by atoms with Crippen LogP contribution in [0.3, 0.4) is 0 Å². The van der Waals surface area contributed by atoms with Crippen molar-refractivity contribution in [2.45, 2.75) is 109 Å². The summed E-state index contributed by atoms with van der Waals surface area (Å²) in [6.07, 6.45) is 16.7. The van der Waals surface area contributed by atoms with Gasteiger partial charge < -0.3 is 4.74 Å². The van der Waals surface area contributed by atoms with Gasteiger partial charge in [0.15, 0.2) is 0 Å². The van der Waals surface area contributed by atoms with Crippen LogP contribution in [-0.2, 0) is 14.9 Å². The van der Waals surface area contributed by atoms with E-state index in [1.165, 1.54) is 75.0 Å². The number of ether oxygens (including phenoxy) is 1. The SMILES string of the molecule is CCCCCCCCCCC(CCCCCC)(C(=O)OC)c1cccc2ccccc12. The highest BCUT2D eigenvalue weighted by Gasteiger charge is 2.41. The molecular weight excluding hydrogens is 380 g/mol. The number of benzene rings is 2. The zero-order valence-electron chi connectivity index (χ0n) is 20.3. The molecular formula is C29H44O2. The number of carbonyl (C=O) groups excluding carboxylic acids is 1. The van der Waals surface area contributed by atoms with Crippen LogP contribution in [0.1, 0.15) is 109 Å². The van der Waals surface area contributed by atoms with Gasteiger partial charge in [-0.1, -0.05) is 133 Å². The van der Waals surface area contributed by atoms with Crippen LogP contribution in [0.4, 0.5) is 0 Å². The van der Waals surface area contributed by atoms with Crippen molar-refractivity contribution in [3.05, 3.63) is 48.0 Å². The summed E-state index contributed by atoms with van der Waals surface area (Å²) in [5.74, 6) is -0.0525. The van der Waals surface area contributed by atoms with E-state index in [1.807, 2.05) is 0 Å². The molecule has 2 nitrogen and oxygen atoms in total. The lowest BCUT2D eigenvalue weighted by atomic mass is 9.71. The molecule has 0 radical (unpaired) electrons. The summed E-state index contributed by atoms with van der Waals surface area (Å²) in [5.41, 5.74) is 0.628. The molecule has 31 heavy (non-hydrogen) atoms. The first kappa shape index (κ1) is 25.4. The third-order valence-electron chi connectivity index (χ3n) is 6.80. The van der Waals surface area contributed by atoms with E-state index in [-0.39, 0.29) is 5.97 Å². The first-order valence-corrected chi connectivity index (χ1v) is 12.8. The third kappa shape index (κ3) is 7.37. The summed E-state index contributed by atoms with van der Waals surface area (Å²) in [4.78, 5) is 13.4. The van der Waals surface area contributed by atoms with Crippen LogP contribution in [0.2, 0.25) is 0 Å². The van der Waals surface area contributed by atoms with Crippen LogP contribution < -0.4 is 0 Å². The molecule has 2 rings (SSSR count). The Bertz CT molecular complexity index is 761. The molecule has 172 valence electrons. The van der Waals surface area contributed by atoms with Crippen molar-refractivity contribution in [1.82, 2.24) is 0 Å². The quantitative estimate of drug-likeness (QED) is 0.199. The first-order valence-electron chi connectivity index (χ1n) is 12.8. The number of methoxy groups -OCH3 is 1. The summed E-state index contributed by atoms with van der Waals surface area (Å²) in [7, 11) is 1.56. The minimum absolute atomic E-state index is 0.0525. The number of esters is 1.